The molecule has 2 aliphatic carbocycles. The first kappa shape index (κ1) is 19.9. The van der Waals surface area contributed by atoms with E-state index < -0.39 is 23.9 Å². The molecule has 0 unspecified atom stereocenters. The first-order chi connectivity index (χ1) is 12.6. The molecule has 8 heteroatoms. The van der Waals surface area contributed by atoms with E-state index in [9.17, 15) is 22.4 Å². The molecule has 27 heavy (non-hydrogen) atoms. The molecular weight excluding hydrogens is 368 g/mol. The lowest BCUT2D eigenvalue weighted by molar-refractivity contribution is -0.274. The fourth-order valence-corrected chi connectivity index (χ4v) is 4.55. The van der Waals surface area contributed by atoms with E-state index in [0.717, 1.165) is 50.7 Å². The van der Waals surface area contributed by atoms with Crippen molar-refractivity contribution in [3.8, 4) is 5.75 Å². The number of carboxylic acid groups (broad SMARTS) is 1. The Bertz CT molecular complexity index is 693. The molecule has 0 saturated heterocycles. The van der Waals surface area contributed by atoms with Gasteiger partial charge in [0.15, 0.2) is 0 Å². The molecule has 150 valence electrons. The van der Waals surface area contributed by atoms with Gasteiger partial charge in [-0.05, 0) is 68.1 Å². The molecule has 2 fully saturated rings. The van der Waals surface area contributed by atoms with E-state index in [1.807, 2.05) is 0 Å². The number of rotatable bonds is 8. The average molecular weight is 390 g/mol. The molecule has 4 nitrogen and oxygen atoms in total. The van der Waals surface area contributed by atoms with Crippen LogP contribution in [0, 0.1) is 11.2 Å². The summed E-state index contributed by atoms with van der Waals surface area (Å²) in [6.07, 6.45) is 1.15. The zero-order valence-corrected chi connectivity index (χ0v) is 14.8. The SMILES string of the molecule is O=C(O)CCCC12CCC(OCc3cc(F)cc(OC(F)(F)F)c3)(CC1)C2. The number of aliphatic carboxylic acids is 1. The molecule has 1 aromatic rings. The largest absolute Gasteiger partial charge is 0.573 e. The van der Waals surface area contributed by atoms with Crippen molar-refractivity contribution in [1.82, 2.24) is 0 Å². The Morgan fingerprint density at radius 1 is 1.15 bits per heavy atom. The molecular formula is C19H22F4O4. The number of hydrogen-bond donors (Lipinski definition) is 1. The standard InChI is InChI=1S/C19H22F4O4/c20-14-8-13(9-15(10-14)27-19(21,22)23)11-26-18-6-4-17(12-18,5-7-18)3-1-2-16(24)25/h8-10H,1-7,11-12H2,(H,24,25). The summed E-state index contributed by atoms with van der Waals surface area (Å²) in [6, 6.07) is 2.97. The molecule has 2 bridgehead atoms. The van der Waals surface area contributed by atoms with Crippen molar-refractivity contribution in [2.24, 2.45) is 5.41 Å². The predicted octanol–water partition coefficient (Wildman–Crippen LogP) is 5.20. The second-order valence-electron chi connectivity index (χ2n) is 7.74. The van der Waals surface area contributed by atoms with E-state index in [4.69, 9.17) is 9.84 Å². The Balaban J connectivity index is 1.59. The van der Waals surface area contributed by atoms with Crippen LogP contribution in [0.2, 0.25) is 0 Å². The van der Waals surface area contributed by atoms with E-state index in [0.29, 0.717) is 18.1 Å². The summed E-state index contributed by atoms with van der Waals surface area (Å²) in [5, 5.41) is 8.79. The normalized spacial score (nSPS) is 27.1. The van der Waals surface area contributed by atoms with E-state index in [-0.39, 0.29) is 24.0 Å². The Morgan fingerprint density at radius 2 is 1.85 bits per heavy atom. The molecule has 1 N–H and O–H groups in total. The van der Waals surface area contributed by atoms with Crippen LogP contribution in [0.15, 0.2) is 18.2 Å². The molecule has 0 radical (unpaired) electrons. The van der Waals surface area contributed by atoms with E-state index in [1.54, 1.807) is 0 Å². The fraction of sp³-hybridized carbons (Fsp3) is 0.632. The first-order valence-electron chi connectivity index (χ1n) is 9.00. The van der Waals surface area contributed by atoms with Crippen molar-refractivity contribution in [1.29, 1.82) is 0 Å². The van der Waals surface area contributed by atoms with Gasteiger partial charge in [-0.2, -0.15) is 0 Å². The molecule has 3 rings (SSSR count). The van der Waals surface area contributed by atoms with Crippen molar-refractivity contribution in [3.05, 3.63) is 29.6 Å². The zero-order valence-electron chi connectivity index (χ0n) is 14.8. The van der Waals surface area contributed by atoms with Gasteiger partial charge in [0.05, 0.1) is 12.2 Å². The third kappa shape index (κ3) is 5.12. The van der Waals surface area contributed by atoms with Gasteiger partial charge in [-0.25, -0.2) is 4.39 Å². The topological polar surface area (TPSA) is 55.8 Å². The molecule has 2 aliphatic rings. The van der Waals surface area contributed by atoms with Gasteiger partial charge in [0, 0.05) is 12.5 Å². The summed E-state index contributed by atoms with van der Waals surface area (Å²) in [5.41, 5.74) is 0.0432. The van der Waals surface area contributed by atoms with Crippen LogP contribution in [-0.4, -0.2) is 23.0 Å². The number of fused-ring (bicyclic) bond motifs is 2. The van der Waals surface area contributed by atoms with Gasteiger partial charge in [-0.3, -0.25) is 4.79 Å². The van der Waals surface area contributed by atoms with Gasteiger partial charge in [0.2, 0.25) is 0 Å². The number of alkyl halides is 3. The van der Waals surface area contributed by atoms with Crippen LogP contribution in [0.25, 0.3) is 0 Å². The molecule has 2 saturated carbocycles. The van der Waals surface area contributed by atoms with Gasteiger partial charge in [0.25, 0.3) is 0 Å². The highest BCUT2D eigenvalue weighted by Gasteiger charge is 2.54. The smallest absolute Gasteiger partial charge is 0.481 e. The number of benzene rings is 1. The molecule has 1 aromatic carbocycles. The van der Waals surface area contributed by atoms with Crippen LogP contribution in [-0.2, 0) is 16.1 Å². The van der Waals surface area contributed by atoms with Crippen LogP contribution in [0.5, 0.6) is 5.75 Å². The summed E-state index contributed by atoms with van der Waals surface area (Å²) in [6.45, 7) is 0.0111. The molecule has 0 amide bonds. The van der Waals surface area contributed by atoms with E-state index in [2.05, 4.69) is 4.74 Å². The lowest BCUT2D eigenvalue weighted by atomic mass is 9.80. The van der Waals surface area contributed by atoms with Gasteiger partial charge in [-0.15, -0.1) is 13.2 Å². The van der Waals surface area contributed by atoms with Crippen molar-refractivity contribution in [2.75, 3.05) is 0 Å². The van der Waals surface area contributed by atoms with Crippen LogP contribution >= 0.6 is 0 Å². The second kappa shape index (κ2) is 7.30. The van der Waals surface area contributed by atoms with E-state index >= 15 is 0 Å². The summed E-state index contributed by atoms with van der Waals surface area (Å²) >= 11 is 0. The molecule has 0 heterocycles. The predicted molar refractivity (Wildman–Crippen MR) is 87.6 cm³/mol. The maximum atomic E-state index is 13.6. The minimum absolute atomic E-state index is 0.0111. The lowest BCUT2D eigenvalue weighted by Crippen LogP contribution is -2.26. The van der Waals surface area contributed by atoms with Gasteiger partial charge in [0.1, 0.15) is 11.6 Å². The first-order valence-corrected chi connectivity index (χ1v) is 9.00. The average Bonchev–Trinajstić information content (AvgIpc) is 3.07. The molecule has 0 aromatic heterocycles. The number of carboxylic acids is 1. The summed E-state index contributed by atoms with van der Waals surface area (Å²) in [7, 11) is 0. The third-order valence-electron chi connectivity index (χ3n) is 5.73. The Labute approximate surface area is 154 Å². The quantitative estimate of drug-likeness (QED) is 0.620. The molecule has 0 aliphatic heterocycles. The third-order valence-corrected chi connectivity index (χ3v) is 5.73. The second-order valence-corrected chi connectivity index (χ2v) is 7.74. The maximum Gasteiger partial charge on any atom is 0.573 e. The Hall–Kier alpha value is -1.83. The monoisotopic (exact) mass is 390 g/mol. The summed E-state index contributed by atoms with van der Waals surface area (Å²) in [5.74, 6) is -2.21. The van der Waals surface area contributed by atoms with Crippen molar-refractivity contribution < 1.29 is 36.9 Å². The number of ether oxygens (including phenoxy) is 2. The molecule has 0 atom stereocenters. The van der Waals surface area contributed by atoms with Crippen LogP contribution in [0.1, 0.15) is 56.9 Å². The highest BCUT2D eigenvalue weighted by Crippen LogP contribution is 2.60. The van der Waals surface area contributed by atoms with Crippen molar-refractivity contribution in [2.45, 2.75) is 69.9 Å². The number of carbonyl (C=O) groups is 1. The zero-order chi connectivity index (χ0) is 19.7. The highest BCUT2D eigenvalue weighted by molar-refractivity contribution is 5.66. The Morgan fingerprint density at radius 3 is 2.48 bits per heavy atom. The minimum Gasteiger partial charge on any atom is -0.481 e. The fourth-order valence-electron chi connectivity index (χ4n) is 4.55. The lowest BCUT2D eigenvalue weighted by Gasteiger charge is -2.28. The summed E-state index contributed by atoms with van der Waals surface area (Å²) < 4.78 is 60.5. The maximum absolute atomic E-state index is 13.6. The van der Waals surface area contributed by atoms with Crippen LogP contribution in [0.3, 0.4) is 0 Å². The highest BCUT2D eigenvalue weighted by atomic mass is 19.4. The van der Waals surface area contributed by atoms with Crippen LogP contribution < -0.4 is 4.74 Å². The van der Waals surface area contributed by atoms with E-state index in [1.165, 1.54) is 0 Å². The van der Waals surface area contributed by atoms with Gasteiger partial charge in [-0.1, -0.05) is 0 Å². The van der Waals surface area contributed by atoms with Gasteiger partial charge < -0.3 is 14.6 Å². The van der Waals surface area contributed by atoms with Gasteiger partial charge >= 0.3 is 12.3 Å². The molecule has 0 spiro atoms. The number of halogens is 4. The summed E-state index contributed by atoms with van der Waals surface area (Å²) in [4.78, 5) is 10.7. The Kier molecular flexibility index (Phi) is 5.38. The number of hydrogen-bond acceptors (Lipinski definition) is 3. The van der Waals surface area contributed by atoms with Crippen LogP contribution in [0.4, 0.5) is 17.6 Å². The van der Waals surface area contributed by atoms with Crippen molar-refractivity contribution >= 4 is 5.97 Å². The van der Waals surface area contributed by atoms with Crippen molar-refractivity contribution in [3.63, 3.8) is 0 Å². The minimum atomic E-state index is -4.88.